The van der Waals surface area contributed by atoms with Gasteiger partial charge in [0.25, 0.3) is 5.56 Å². The molecule has 0 spiro atoms. The van der Waals surface area contributed by atoms with Crippen molar-refractivity contribution < 1.29 is 4.79 Å². The zero-order valence-corrected chi connectivity index (χ0v) is 18.4. The van der Waals surface area contributed by atoms with E-state index in [0.717, 1.165) is 43.9 Å². The van der Waals surface area contributed by atoms with Crippen LogP contribution in [0.2, 0.25) is 0 Å². The van der Waals surface area contributed by atoms with Crippen LogP contribution in [-0.4, -0.2) is 51.0 Å². The van der Waals surface area contributed by atoms with E-state index in [9.17, 15) is 9.59 Å². The Kier molecular flexibility index (Phi) is 5.45. The standard InChI is InChI=1S/C22H26N6O2S/c1-26-17(14-27-10-6-11-27)24-20-18(21(26)30)25-22(31-20)28-12-5-9-16(28)19(29)23-13-15-7-3-2-4-8-15/h2-4,7-8,16H,5-6,9-14H2,1H3,(H,23,29)/t16-/m1/s1. The van der Waals surface area contributed by atoms with Crippen LogP contribution in [0, 0.1) is 0 Å². The molecule has 31 heavy (non-hydrogen) atoms. The summed E-state index contributed by atoms with van der Waals surface area (Å²) in [5.41, 5.74) is 1.35. The second kappa shape index (κ2) is 8.39. The lowest BCUT2D eigenvalue weighted by Crippen LogP contribution is -2.43. The fourth-order valence-corrected chi connectivity index (χ4v) is 5.19. The monoisotopic (exact) mass is 438 g/mol. The van der Waals surface area contributed by atoms with Crippen LogP contribution >= 0.6 is 11.3 Å². The van der Waals surface area contributed by atoms with Gasteiger partial charge in [-0.25, -0.2) is 9.97 Å². The van der Waals surface area contributed by atoms with E-state index in [1.165, 1.54) is 17.8 Å². The van der Waals surface area contributed by atoms with Gasteiger partial charge in [0.05, 0.1) is 6.54 Å². The molecule has 4 heterocycles. The number of hydrogen-bond donors (Lipinski definition) is 1. The molecule has 162 valence electrons. The molecule has 9 heteroatoms. The smallest absolute Gasteiger partial charge is 0.280 e. The van der Waals surface area contributed by atoms with Gasteiger partial charge in [0.1, 0.15) is 11.9 Å². The first-order valence-corrected chi connectivity index (χ1v) is 11.6. The maximum atomic E-state index is 12.9. The fraction of sp³-hybridized carbons (Fsp3) is 0.455. The number of nitrogens with one attached hydrogen (secondary N) is 1. The molecule has 2 fully saturated rings. The molecule has 2 aliphatic heterocycles. The third-order valence-corrected chi connectivity index (χ3v) is 7.13. The molecule has 0 unspecified atom stereocenters. The average molecular weight is 439 g/mol. The Labute approximate surface area is 184 Å². The molecule has 5 rings (SSSR count). The number of carbonyl (C=O) groups excluding carboxylic acids is 1. The topological polar surface area (TPSA) is 83.4 Å². The predicted octanol–water partition coefficient (Wildman–Crippen LogP) is 1.88. The van der Waals surface area contributed by atoms with Crippen molar-refractivity contribution in [2.45, 2.75) is 38.4 Å². The quantitative estimate of drug-likeness (QED) is 0.633. The zero-order valence-electron chi connectivity index (χ0n) is 17.6. The molecule has 1 N–H and O–H groups in total. The first-order valence-electron chi connectivity index (χ1n) is 10.8. The minimum atomic E-state index is -0.270. The highest BCUT2D eigenvalue weighted by Gasteiger charge is 2.33. The summed E-state index contributed by atoms with van der Waals surface area (Å²) in [6.07, 6.45) is 2.90. The van der Waals surface area contributed by atoms with E-state index in [0.29, 0.717) is 28.6 Å². The lowest BCUT2D eigenvalue weighted by molar-refractivity contribution is -0.122. The number of benzene rings is 1. The third kappa shape index (κ3) is 3.95. The number of thiazole rings is 1. The van der Waals surface area contributed by atoms with Crippen molar-refractivity contribution in [3.8, 4) is 0 Å². The first kappa shape index (κ1) is 20.1. The van der Waals surface area contributed by atoms with Gasteiger partial charge >= 0.3 is 0 Å². The molecule has 0 bridgehead atoms. The Morgan fingerprint density at radius 3 is 2.71 bits per heavy atom. The summed E-state index contributed by atoms with van der Waals surface area (Å²) >= 11 is 1.41. The Balaban J connectivity index is 1.36. The summed E-state index contributed by atoms with van der Waals surface area (Å²) in [4.78, 5) is 40.1. The van der Waals surface area contributed by atoms with Crippen LogP contribution in [-0.2, 0) is 24.9 Å². The zero-order chi connectivity index (χ0) is 21.4. The number of amides is 1. The Morgan fingerprint density at radius 1 is 1.16 bits per heavy atom. The predicted molar refractivity (Wildman–Crippen MR) is 121 cm³/mol. The van der Waals surface area contributed by atoms with Crippen LogP contribution in [0.1, 0.15) is 30.7 Å². The number of fused-ring (bicyclic) bond motifs is 1. The van der Waals surface area contributed by atoms with E-state index in [2.05, 4.69) is 15.2 Å². The lowest BCUT2D eigenvalue weighted by atomic mass is 10.2. The fourth-order valence-electron chi connectivity index (χ4n) is 4.16. The average Bonchev–Trinajstić information content (AvgIpc) is 3.40. The number of aromatic nitrogens is 3. The molecule has 0 aliphatic carbocycles. The second-order valence-electron chi connectivity index (χ2n) is 8.23. The van der Waals surface area contributed by atoms with Crippen molar-refractivity contribution in [1.29, 1.82) is 0 Å². The number of likely N-dealkylation sites (tertiary alicyclic amines) is 1. The molecule has 3 aromatic rings. The number of rotatable bonds is 6. The lowest BCUT2D eigenvalue weighted by Gasteiger charge is -2.30. The minimum absolute atomic E-state index is 0.0000525. The third-order valence-electron chi connectivity index (χ3n) is 6.15. The summed E-state index contributed by atoms with van der Waals surface area (Å²) in [7, 11) is 1.76. The SMILES string of the molecule is Cn1c(CN2CCC2)nc2sc(N3CCC[C@@H]3C(=O)NCc3ccccc3)nc2c1=O. The van der Waals surface area contributed by atoms with E-state index in [-0.39, 0.29) is 17.5 Å². The number of carbonyl (C=O) groups is 1. The van der Waals surface area contributed by atoms with Crippen LogP contribution in [0.4, 0.5) is 5.13 Å². The Hall–Kier alpha value is -2.78. The van der Waals surface area contributed by atoms with Crippen LogP contribution in [0.5, 0.6) is 0 Å². The van der Waals surface area contributed by atoms with Gasteiger partial charge in [0.2, 0.25) is 5.91 Å². The summed E-state index contributed by atoms with van der Waals surface area (Å²) in [5, 5.41) is 3.75. The molecular formula is C22H26N6O2S. The minimum Gasteiger partial charge on any atom is -0.350 e. The van der Waals surface area contributed by atoms with Crippen molar-refractivity contribution in [3.05, 3.63) is 52.1 Å². The van der Waals surface area contributed by atoms with Crippen molar-refractivity contribution in [3.63, 3.8) is 0 Å². The van der Waals surface area contributed by atoms with Crippen LogP contribution in [0.3, 0.4) is 0 Å². The number of nitrogens with zero attached hydrogens (tertiary/aromatic N) is 5. The molecular weight excluding hydrogens is 412 g/mol. The van der Waals surface area contributed by atoms with Crippen LogP contribution in [0.15, 0.2) is 35.1 Å². The molecule has 8 nitrogen and oxygen atoms in total. The normalized spacial score (nSPS) is 19.0. The number of anilines is 1. The number of hydrogen-bond acceptors (Lipinski definition) is 7. The van der Waals surface area contributed by atoms with Gasteiger partial charge in [-0.3, -0.25) is 19.1 Å². The Morgan fingerprint density at radius 2 is 1.97 bits per heavy atom. The van der Waals surface area contributed by atoms with Gasteiger partial charge in [-0.1, -0.05) is 41.7 Å². The van der Waals surface area contributed by atoms with E-state index in [4.69, 9.17) is 4.98 Å². The highest BCUT2D eigenvalue weighted by Crippen LogP contribution is 2.32. The van der Waals surface area contributed by atoms with Gasteiger partial charge in [0, 0.05) is 20.1 Å². The van der Waals surface area contributed by atoms with Crippen LogP contribution in [0.25, 0.3) is 10.3 Å². The first-order chi connectivity index (χ1) is 15.1. The molecule has 1 atom stereocenters. The summed E-state index contributed by atoms with van der Waals surface area (Å²) < 4.78 is 1.61. The molecule has 2 aliphatic rings. The Bertz CT molecular complexity index is 1150. The maximum absolute atomic E-state index is 12.9. The van der Waals surface area contributed by atoms with Crippen molar-refractivity contribution in [2.24, 2.45) is 7.05 Å². The molecule has 2 saturated heterocycles. The van der Waals surface area contributed by atoms with E-state index in [1.54, 1.807) is 11.6 Å². The largest absolute Gasteiger partial charge is 0.350 e. The van der Waals surface area contributed by atoms with Gasteiger partial charge in [-0.05, 0) is 37.9 Å². The summed E-state index contributed by atoms with van der Waals surface area (Å²) in [6, 6.07) is 9.62. The summed E-state index contributed by atoms with van der Waals surface area (Å²) in [6.45, 7) is 4.05. The van der Waals surface area contributed by atoms with E-state index < -0.39 is 0 Å². The molecule has 1 amide bonds. The highest BCUT2D eigenvalue weighted by atomic mass is 32.1. The van der Waals surface area contributed by atoms with Crippen molar-refractivity contribution in [2.75, 3.05) is 24.5 Å². The second-order valence-corrected chi connectivity index (χ2v) is 9.18. The molecule has 0 saturated carbocycles. The maximum Gasteiger partial charge on any atom is 0.280 e. The summed E-state index contributed by atoms with van der Waals surface area (Å²) in [5.74, 6) is 0.769. The molecule has 2 aromatic heterocycles. The van der Waals surface area contributed by atoms with Gasteiger partial charge in [0.15, 0.2) is 15.5 Å². The van der Waals surface area contributed by atoms with Gasteiger partial charge in [-0.15, -0.1) is 0 Å². The highest BCUT2D eigenvalue weighted by molar-refractivity contribution is 7.21. The van der Waals surface area contributed by atoms with Crippen molar-refractivity contribution >= 4 is 32.7 Å². The van der Waals surface area contributed by atoms with Gasteiger partial charge in [-0.2, -0.15) is 0 Å². The van der Waals surface area contributed by atoms with Crippen LogP contribution < -0.4 is 15.8 Å². The van der Waals surface area contributed by atoms with E-state index in [1.807, 2.05) is 35.2 Å². The van der Waals surface area contributed by atoms with E-state index >= 15 is 0 Å². The van der Waals surface area contributed by atoms with Gasteiger partial charge < -0.3 is 10.2 Å². The molecule has 0 radical (unpaired) electrons. The molecule has 1 aromatic carbocycles. The van der Waals surface area contributed by atoms with Crippen molar-refractivity contribution in [1.82, 2.24) is 24.8 Å².